The Kier molecular flexibility index (Phi) is 4.49. The Morgan fingerprint density at radius 2 is 1.76 bits per heavy atom. The molecule has 0 fully saturated rings. The van der Waals surface area contributed by atoms with E-state index in [0.29, 0.717) is 0 Å². The predicted molar refractivity (Wildman–Crippen MR) is 72.7 cm³/mol. The van der Waals surface area contributed by atoms with Gasteiger partial charge in [0.1, 0.15) is 0 Å². The van der Waals surface area contributed by atoms with Crippen LogP contribution in [0.5, 0.6) is 0 Å². The Hall–Kier alpha value is -2.66. The molecule has 6 nitrogen and oxygen atoms in total. The van der Waals surface area contributed by atoms with Gasteiger partial charge in [0, 0.05) is 0 Å². The first kappa shape index (κ1) is 18.7. The molecular weight excluding hydrogens is 358 g/mol. The Labute approximate surface area is 136 Å². The highest BCUT2D eigenvalue weighted by Crippen LogP contribution is 2.44. The number of H-pyrrole nitrogens is 1. The summed E-state index contributed by atoms with van der Waals surface area (Å²) in [7, 11) is 0. The second-order valence-corrected chi connectivity index (χ2v) is 5.11. The Morgan fingerprint density at radius 1 is 1.16 bits per heavy atom. The van der Waals surface area contributed by atoms with Crippen LogP contribution in [0.15, 0.2) is 22.8 Å². The first-order valence-electron chi connectivity index (χ1n) is 6.68. The van der Waals surface area contributed by atoms with Gasteiger partial charge in [0.15, 0.2) is 5.76 Å². The standard InChI is InChI=1S/C13H12F6N4O2/c1-6-9(7(2)23-22-6)20-11(12(14,15)16,13(17,18)19)21-10(24)8-4-3-5-25-8/h3-5,20H,1-2H3,(H,21,24)(H,22,23). The normalized spacial score (nSPS) is 13.0. The van der Waals surface area contributed by atoms with Crippen molar-refractivity contribution in [1.29, 1.82) is 0 Å². The van der Waals surface area contributed by atoms with Crippen molar-refractivity contribution in [2.24, 2.45) is 0 Å². The number of hydrogen-bond donors (Lipinski definition) is 3. The molecule has 0 saturated carbocycles. The van der Waals surface area contributed by atoms with E-state index in [1.54, 1.807) is 0 Å². The molecule has 0 aliphatic carbocycles. The molecule has 2 aromatic heterocycles. The van der Waals surface area contributed by atoms with Crippen molar-refractivity contribution in [2.45, 2.75) is 31.9 Å². The number of furan rings is 1. The highest BCUT2D eigenvalue weighted by molar-refractivity contribution is 5.92. The maximum Gasteiger partial charge on any atom is 0.439 e. The molecule has 25 heavy (non-hydrogen) atoms. The third-order valence-corrected chi connectivity index (χ3v) is 3.34. The van der Waals surface area contributed by atoms with Crippen LogP contribution in [0, 0.1) is 13.8 Å². The molecule has 0 radical (unpaired) electrons. The number of aromatic nitrogens is 2. The number of nitrogens with zero attached hydrogens (tertiary/aromatic N) is 1. The van der Waals surface area contributed by atoms with E-state index in [1.807, 2.05) is 0 Å². The summed E-state index contributed by atoms with van der Waals surface area (Å²) >= 11 is 0. The number of amides is 1. The number of carbonyl (C=O) groups excluding carboxylic acids is 1. The van der Waals surface area contributed by atoms with Gasteiger partial charge in [-0.05, 0) is 26.0 Å². The lowest BCUT2D eigenvalue weighted by Crippen LogP contribution is -2.72. The minimum atomic E-state index is -5.93. The predicted octanol–water partition coefficient (Wildman–Crippen LogP) is 3.28. The van der Waals surface area contributed by atoms with Gasteiger partial charge in [0.05, 0.1) is 23.3 Å². The van der Waals surface area contributed by atoms with Crippen molar-refractivity contribution in [3.63, 3.8) is 0 Å². The van der Waals surface area contributed by atoms with Crippen LogP contribution in [-0.4, -0.2) is 34.1 Å². The second-order valence-electron chi connectivity index (χ2n) is 5.11. The number of halogens is 6. The van der Waals surface area contributed by atoms with E-state index in [4.69, 9.17) is 0 Å². The van der Waals surface area contributed by atoms with Crippen LogP contribution in [0.1, 0.15) is 21.9 Å². The van der Waals surface area contributed by atoms with Crippen molar-refractivity contribution >= 4 is 11.6 Å². The van der Waals surface area contributed by atoms with Gasteiger partial charge in [-0.1, -0.05) is 0 Å². The van der Waals surface area contributed by atoms with Crippen LogP contribution < -0.4 is 10.6 Å². The highest BCUT2D eigenvalue weighted by Gasteiger charge is 2.73. The fourth-order valence-corrected chi connectivity index (χ4v) is 2.04. The highest BCUT2D eigenvalue weighted by atomic mass is 19.4. The molecule has 0 aliphatic heterocycles. The summed E-state index contributed by atoms with van der Waals surface area (Å²) in [4.78, 5) is 11.8. The Balaban J connectivity index is 2.55. The van der Waals surface area contributed by atoms with Crippen molar-refractivity contribution < 1.29 is 35.6 Å². The molecule has 1 amide bonds. The molecule has 3 N–H and O–H groups in total. The third kappa shape index (κ3) is 3.28. The van der Waals surface area contributed by atoms with Gasteiger partial charge in [-0.2, -0.15) is 31.4 Å². The van der Waals surface area contributed by atoms with E-state index in [1.165, 1.54) is 19.2 Å². The average Bonchev–Trinajstić information content (AvgIpc) is 3.09. The minimum absolute atomic E-state index is 0.0670. The molecule has 138 valence electrons. The summed E-state index contributed by atoms with van der Waals surface area (Å²) in [6.07, 6.45) is -10.9. The number of aryl methyl sites for hydroxylation is 2. The molecular formula is C13H12F6N4O2. The monoisotopic (exact) mass is 370 g/mol. The smallest absolute Gasteiger partial charge is 0.439 e. The molecule has 0 bridgehead atoms. The summed E-state index contributed by atoms with van der Waals surface area (Å²) in [5, 5.41) is 8.14. The lowest BCUT2D eigenvalue weighted by atomic mass is 10.1. The molecule has 0 atom stereocenters. The van der Waals surface area contributed by atoms with E-state index in [0.717, 1.165) is 23.7 Å². The van der Waals surface area contributed by atoms with Crippen LogP contribution in [0.4, 0.5) is 32.0 Å². The van der Waals surface area contributed by atoms with E-state index >= 15 is 0 Å². The van der Waals surface area contributed by atoms with E-state index < -0.39 is 35.4 Å². The van der Waals surface area contributed by atoms with Gasteiger partial charge in [0.25, 0.3) is 5.91 Å². The zero-order valence-corrected chi connectivity index (χ0v) is 12.8. The summed E-state index contributed by atoms with van der Waals surface area (Å²) in [5.74, 6) is -2.40. The lowest BCUT2D eigenvalue weighted by Gasteiger charge is -2.38. The van der Waals surface area contributed by atoms with Gasteiger partial charge >= 0.3 is 18.0 Å². The molecule has 2 rings (SSSR count). The van der Waals surface area contributed by atoms with Crippen LogP contribution >= 0.6 is 0 Å². The SMILES string of the molecule is Cc1n[nH]c(C)c1NC(NC(=O)c1ccco1)(C(F)(F)F)C(F)(F)F. The fourth-order valence-electron chi connectivity index (χ4n) is 2.04. The molecule has 0 aromatic carbocycles. The largest absolute Gasteiger partial charge is 0.459 e. The average molecular weight is 370 g/mol. The Bertz CT molecular complexity index is 714. The van der Waals surface area contributed by atoms with Gasteiger partial charge in [-0.3, -0.25) is 9.89 Å². The number of anilines is 1. The molecule has 0 saturated heterocycles. The molecule has 0 aliphatic rings. The van der Waals surface area contributed by atoms with E-state index in [9.17, 15) is 31.1 Å². The van der Waals surface area contributed by atoms with Gasteiger partial charge in [0.2, 0.25) is 0 Å². The quantitative estimate of drug-likeness (QED) is 0.570. The number of alkyl halides is 6. The number of hydrogen-bond acceptors (Lipinski definition) is 4. The summed E-state index contributed by atoms with van der Waals surface area (Å²) < 4.78 is 85.4. The topological polar surface area (TPSA) is 83.0 Å². The fraction of sp³-hybridized carbons (Fsp3) is 0.385. The van der Waals surface area contributed by atoms with Gasteiger partial charge < -0.3 is 15.1 Å². The maximum absolute atomic E-state index is 13.5. The van der Waals surface area contributed by atoms with Crippen LogP contribution in [0.25, 0.3) is 0 Å². The van der Waals surface area contributed by atoms with Gasteiger partial charge in [-0.15, -0.1) is 0 Å². The van der Waals surface area contributed by atoms with Crippen molar-refractivity contribution in [1.82, 2.24) is 15.5 Å². The van der Waals surface area contributed by atoms with Gasteiger partial charge in [-0.25, -0.2) is 0 Å². The summed E-state index contributed by atoms with van der Waals surface area (Å²) in [6, 6.07) is 2.08. The minimum Gasteiger partial charge on any atom is -0.459 e. The van der Waals surface area contributed by atoms with E-state index in [2.05, 4.69) is 14.6 Å². The lowest BCUT2D eigenvalue weighted by molar-refractivity contribution is -0.294. The number of aromatic amines is 1. The second kappa shape index (κ2) is 6.01. The Morgan fingerprint density at radius 3 is 2.16 bits per heavy atom. The first-order valence-corrected chi connectivity index (χ1v) is 6.68. The van der Waals surface area contributed by atoms with Crippen LogP contribution in [-0.2, 0) is 0 Å². The third-order valence-electron chi connectivity index (χ3n) is 3.34. The van der Waals surface area contributed by atoms with Crippen molar-refractivity contribution in [2.75, 3.05) is 5.32 Å². The zero-order chi connectivity index (χ0) is 19.0. The van der Waals surface area contributed by atoms with E-state index in [-0.39, 0.29) is 11.4 Å². The number of carbonyl (C=O) groups is 1. The zero-order valence-electron chi connectivity index (χ0n) is 12.8. The van der Waals surface area contributed by atoms with Crippen molar-refractivity contribution in [3.05, 3.63) is 35.5 Å². The summed E-state index contributed by atoms with van der Waals surface area (Å²) in [5.41, 5.74) is -5.48. The number of nitrogens with one attached hydrogen (secondary N) is 3. The molecule has 2 heterocycles. The van der Waals surface area contributed by atoms with Crippen LogP contribution in [0.3, 0.4) is 0 Å². The first-order chi connectivity index (χ1) is 11.4. The number of rotatable bonds is 4. The maximum atomic E-state index is 13.5. The molecule has 0 spiro atoms. The molecule has 2 aromatic rings. The summed E-state index contributed by atoms with van der Waals surface area (Å²) in [6.45, 7) is 2.44. The van der Waals surface area contributed by atoms with Crippen molar-refractivity contribution in [3.8, 4) is 0 Å². The molecule has 0 unspecified atom stereocenters. The molecule has 12 heteroatoms. The van der Waals surface area contributed by atoms with Crippen LogP contribution in [0.2, 0.25) is 0 Å².